The molecular weight excluding hydrogens is 428 g/mol. The van der Waals surface area contributed by atoms with Gasteiger partial charge in [-0.3, -0.25) is 0 Å². The summed E-state index contributed by atoms with van der Waals surface area (Å²) in [6.07, 6.45) is 6.81. The van der Waals surface area contributed by atoms with Gasteiger partial charge in [-0.1, -0.05) is 48.6 Å². The Morgan fingerprint density at radius 2 is 1.76 bits per heavy atom. The van der Waals surface area contributed by atoms with Crippen LogP contribution in [0.1, 0.15) is 40.7 Å². The molecule has 5 nitrogen and oxygen atoms in total. The van der Waals surface area contributed by atoms with Crippen molar-refractivity contribution in [3.05, 3.63) is 89.5 Å². The number of hydrogen-bond donors (Lipinski definition) is 3. The van der Waals surface area contributed by atoms with Gasteiger partial charge in [0.25, 0.3) is 0 Å². The molecule has 0 aromatic heterocycles. The van der Waals surface area contributed by atoms with Crippen molar-refractivity contribution in [3.63, 3.8) is 0 Å². The fraction of sp³-hybridized carbons (Fsp3) is 0.345. The van der Waals surface area contributed by atoms with Crippen LogP contribution in [0.2, 0.25) is 0 Å². The first-order valence-corrected chi connectivity index (χ1v) is 11.9. The van der Waals surface area contributed by atoms with Crippen LogP contribution in [-0.2, 0) is 12.8 Å². The Morgan fingerprint density at radius 1 is 1.03 bits per heavy atom. The van der Waals surface area contributed by atoms with Crippen LogP contribution in [0.15, 0.2) is 72.8 Å². The second kappa shape index (κ2) is 10.9. The van der Waals surface area contributed by atoms with E-state index in [9.17, 15) is 15.0 Å². The third kappa shape index (κ3) is 5.85. The van der Waals surface area contributed by atoms with Crippen LogP contribution in [-0.4, -0.2) is 40.6 Å². The third-order valence-electron chi connectivity index (χ3n) is 6.94. The van der Waals surface area contributed by atoms with Gasteiger partial charge < -0.3 is 20.1 Å². The van der Waals surface area contributed by atoms with Crippen molar-refractivity contribution < 1.29 is 24.9 Å². The van der Waals surface area contributed by atoms with Gasteiger partial charge in [-0.15, -0.1) is 0 Å². The van der Waals surface area contributed by atoms with E-state index in [1.165, 1.54) is 0 Å². The normalized spacial score (nSPS) is 21.2. The first-order valence-electron chi connectivity index (χ1n) is 11.9. The molecule has 34 heavy (non-hydrogen) atoms. The van der Waals surface area contributed by atoms with Crippen LogP contribution in [0.3, 0.4) is 0 Å². The van der Waals surface area contributed by atoms with Gasteiger partial charge in [-0.05, 0) is 83.7 Å². The molecule has 0 saturated heterocycles. The number of carboxylic acids is 1. The fourth-order valence-electron chi connectivity index (χ4n) is 4.98. The number of aryl methyl sites for hydroxylation is 1. The summed E-state index contributed by atoms with van der Waals surface area (Å²) in [5.41, 5.74) is 2.41. The highest BCUT2D eigenvalue weighted by Crippen LogP contribution is 2.36. The minimum atomic E-state index is -0.926. The number of hydrogen-bond acceptors (Lipinski definition) is 4. The molecule has 3 aromatic rings. The largest absolute Gasteiger partial charge is 0.497 e. The number of allylic oxidation sites excluding steroid dienone is 1. The first kappa shape index (κ1) is 24.0. The van der Waals surface area contributed by atoms with Crippen LogP contribution in [0.4, 0.5) is 0 Å². The van der Waals surface area contributed by atoms with E-state index in [-0.39, 0.29) is 23.5 Å². The zero-order valence-electron chi connectivity index (χ0n) is 19.4. The minimum absolute atomic E-state index is 0.135. The lowest BCUT2D eigenvalue weighted by molar-refractivity contribution is 0.0697. The number of benzene rings is 3. The van der Waals surface area contributed by atoms with Gasteiger partial charge in [-0.25, -0.2) is 4.79 Å². The first-order chi connectivity index (χ1) is 16.4. The second-order valence-electron chi connectivity index (χ2n) is 9.22. The summed E-state index contributed by atoms with van der Waals surface area (Å²) in [7, 11) is 1.65. The molecule has 5 heteroatoms. The van der Waals surface area contributed by atoms with Gasteiger partial charge in [0.05, 0.1) is 24.9 Å². The molecular formula is C29H32O5. The Morgan fingerprint density at radius 3 is 2.50 bits per heavy atom. The van der Waals surface area contributed by atoms with Crippen LogP contribution >= 0.6 is 0 Å². The average Bonchev–Trinajstić information content (AvgIpc) is 3.20. The Balaban J connectivity index is 1.35. The molecule has 0 heterocycles. The maximum Gasteiger partial charge on any atom is 0.335 e. The van der Waals surface area contributed by atoms with Crippen molar-refractivity contribution in [3.8, 4) is 5.75 Å². The molecule has 4 atom stereocenters. The number of ether oxygens (including phenoxy) is 1. The number of methoxy groups -OCH3 is 1. The maximum atomic E-state index is 11.0. The SMILES string of the molecule is COc1ccc2ccc(CC(O)C=CC3CCC(O)C3CCc3ccc(C(=O)O)cc3)cc2c1. The van der Waals surface area contributed by atoms with Crippen LogP contribution in [0.25, 0.3) is 10.8 Å². The Kier molecular flexibility index (Phi) is 7.66. The molecule has 1 fully saturated rings. The molecule has 4 unspecified atom stereocenters. The number of carboxylic acid groups (broad SMARTS) is 1. The lowest BCUT2D eigenvalue weighted by Crippen LogP contribution is -2.19. The minimum Gasteiger partial charge on any atom is -0.497 e. The van der Waals surface area contributed by atoms with Crippen molar-refractivity contribution in [2.45, 2.75) is 44.3 Å². The molecule has 178 valence electrons. The molecule has 0 amide bonds. The molecule has 1 aliphatic carbocycles. The zero-order chi connectivity index (χ0) is 24.1. The monoisotopic (exact) mass is 460 g/mol. The van der Waals surface area contributed by atoms with Gasteiger partial charge in [0, 0.05) is 6.42 Å². The topological polar surface area (TPSA) is 87.0 Å². The van der Waals surface area contributed by atoms with Gasteiger partial charge in [-0.2, -0.15) is 0 Å². The predicted octanol–water partition coefficient (Wildman–Crippen LogP) is 5.03. The summed E-state index contributed by atoms with van der Waals surface area (Å²) in [5.74, 6) is 0.248. The van der Waals surface area contributed by atoms with Crippen molar-refractivity contribution >= 4 is 16.7 Å². The molecule has 0 radical (unpaired) electrons. The van der Waals surface area contributed by atoms with Crippen molar-refractivity contribution in [2.24, 2.45) is 11.8 Å². The Hall–Kier alpha value is -3.15. The third-order valence-corrected chi connectivity index (χ3v) is 6.94. The predicted molar refractivity (Wildman–Crippen MR) is 133 cm³/mol. The van der Waals surface area contributed by atoms with E-state index in [0.29, 0.717) is 6.42 Å². The van der Waals surface area contributed by atoms with Crippen molar-refractivity contribution in [1.29, 1.82) is 0 Å². The number of rotatable bonds is 9. The molecule has 1 aliphatic rings. The number of aliphatic hydroxyl groups is 2. The number of aromatic carboxylic acids is 1. The molecule has 0 bridgehead atoms. The highest BCUT2D eigenvalue weighted by molar-refractivity contribution is 5.87. The van der Waals surface area contributed by atoms with Gasteiger partial charge >= 0.3 is 5.97 Å². The van der Waals surface area contributed by atoms with E-state index in [1.54, 1.807) is 19.2 Å². The van der Waals surface area contributed by atoms with Gasteiger partial charge in [0.15, 0.2) is 0 Å². The second-order valence-corrected chi connectivity index (χ2v) is 9.22. The lowest BCUT2D eigenvalue weighted by Gasteiger charge is -2.20. The molecule has 0 spiro atoms. The van der Waals surface area contributed by atoms with Crippen molar-refractivity contribution in [2.75, 3.05) is 7.11 Å². The molecule has 4 rings (SSSR count). The van der Waals surface area contributed by atoms with Gasteiger partial charge in [0.1, 0.15) is 5.75 Å². The van der Waals surface area contributed by atoms with E-state index in [2.05, 4.69) is 18.2 Å². The molecule has 3 N–H and O–H groups in total. The van der Waals surface area contributed by atoms with E-state index >= 15 is 0 Å². The van der Waals surface area contributed by atoms with E-state index in [0.717, 1.165) is 53.3 Å². The average molecular weight is 461 g/mol. The molecule has 0 aliphatic heterocycles. The summed E-state index contributed by atoms with van der Waals surface area (Å²) in [6.45, 7) is 0. The summed E-state index contributed by atoms with van der Waals surface area (Å²) in [5, 5.41) is 32.4. The maximum absolute atomic E-state index is 11.0. The van der Waals surface area contributed by atoms with Crippen LogP contribution in [0, 0.1) is 11.8 Å². The van der Waals surface area contributed by atoms with Crippen LogP contribution < -0.4 is 4.74 Å². The lowest BCUT2D eigenvalue weighted by atomic mass is 9.88. The van der Waals surface area contributed by atoms with Gasteiger partial charge in [0.2, 0.25) is 0 Å². The standard InChI is InChI=1S/C29H32O5/c1-34-26-13-10-21-6-4-20(16-24(21)18-26)17-25(30)12-9-22-11-15-28(31)27(22)14-5-19-2-7-23(8-3-19)29(32)33/h2-4,6-10,12-13,16,18,22,25,27-28,30-31H,5,11,14-15,17H2,1H3,(H,32,33). The quantitative estimate of drug-likeness (QED) is 0.390. The summed E-state index contributed by atoms with van der Waals surface area (Å²) < 4.78 is 5.32. The van der Waals surface area contributed by atoms with E-state index in [4.69, 9.17) is 9.84 Å². The smallest absolute Gasteiger partial charge is 0.335 e. The number of fused-ring (bicyclic) bond motifs is 1. The number of aliphatic hydroxyl groups excluding tert-OH is 2. The highest BCUT2D eigenvalue weighted by atomic mass is 16.5. The summed E-state index contributed by atoms with van der Waals surface area (Å²) in [4.78, 5) is 11.0. The summed E-state index contributed by atoms with van der Waals surface area (Å²) in [6, 6.07) is 19.1. The van der Waals surface area contributed by atoms with Crippen LogP contribution in [0.5, 0.6) is 5.75 Å². The van der Waals surface area contributed by atoms with E-state index in [1.807, 2.05) is 42.5 Å². The Labute approximate surface area is 200 Å². The number of carbonyl (C=O) groups is 1. The molecule has 3 aromatic carbocycles. The Bertz CT molecular complexity index is 1150. The fourth-order valence-corrected chi connectivity index (χ4v) is 4.98. The molecule has 1 saturated carbocycles. The van der Waals surface area contributed by atoms with Crippen molar-refractivity contribution in [1.82, 2.24) is 0 Å². The van der Waals surface area contributed by atoms with E-state index < -0.39 is 12.1 Å². The highest BCUT2D eigenvalue weighted by Gasteiger charge is 2.33. The summed E-state index contributed by atoms with van der Waals surface area (Å²) >= 11 is 0. The zero-order valence-corrected chi connectivity index (χ0v) is 19.4.